The van der Waals surface area contributed by atoms with Gasteiger partial charge in [-0.1, -0.05) is 38.4 Å². The Hall–Kier alpha value is -0.730. The van der Waals surface area contributed by atoms with Gasteiger partial charge in [-0.25, -0.2) is 4.98 Å². The van der Waals surface area contributed by atoms with Crippen molar-refractivity contribution < 1.29 is 0 Å². The first-order chi connectivity index (χ1) is 8.91. The monoisotopic (exact) mass is 298 g/mol. The standard InChI is InChI=1S/C15H20Cl2N2/c1-9(2)10(3)8-19-13-7-5-6-12(17)14(13)18-15(19)11(4)16/h5-7,9-11H,8H2,1-4H3. The van der Waals surface area contributed by atoms with Gasteiger partial charge >= 0.3 is 0 Å². The molecule has 1 aromatic heterocycles. The molecule has 2 atom stereocenters. The molecule has 1 aromatic carbocycles. The third-order valence-corrected chi connectivity index (χ3v) is 4.22. The summed E-state index contributed by atoms with van der Waals surface area (Å²) in [6, 6.07) is 5.89. The molecular weight excluding hydrogens is 279 g/mol. The van der Waals surface area contributed by atoms with Crippen LogP contribution in [0.5, 0.6) is 0 Å². The van der Waals surface area contributed by atoms with Crippen LogP contribution in [-0.4, -0.2) is 9.55 Å². The van der Waals surface area contributed by atoms with Gasteiger partial charge in [-0.05, 0) is 30.9 Å². The second kappa shape index (κ2) is 5.72. The summed E-state index contributed by atoms with van der Waals surface area (Å²) in [4.78, 5) is 4.62. The molecule has 0 radical (unpaired) electrons. The van der Waals surface area contributed by atoms with Crippen LogP contribution in [0.4, 0.5) is 0 Å². The Kier molecular flexibility index (Phi) is 4.42. The molecule has 4 heteroatoms. The summed E-state index contributed by atoms with van der Waals surface area (Å²) in [6.45, 7) is 9.60. The van der Waals surface area contributed by atoms with Gasteiger partial charge in [0.15, 0.2) is 0 Å². The molecule has 2 aromatic rings. The van der Waals surface area contributed by atoms with Gasteiger partial charge in [0.1, 0.15) is 11.3 Å². The lowest BCUT2D eigenvalue weighted by Gasteiger charge is -2.19. The maximum atomic E-state index is 6.27. The van der Waals surface area contributed by atoms with Crippen molar-refractivity contribution in [3.8, 4) is 0 Å². The van der Waals surface area contributed by atoms with Crippen molar-refractivity contribution in [2.24, 2.45) is 11.8 Å². The molecule has 0 saturated heterocycles. The Morgan fingerprint density at radius 2 is 1.89 bits per heavy atom. The van der Waals surface area contributed by atoms with Gasteiger partial charge in [0, 0.05) is 6.54 Å². The van der Waals surface area contributed by atoms with E-state index in [1.165, 1.54) is 0 Å². The third-order valence-electron chi connectivity index (χ3n) is 3.72. The van der Waals surface area contributed by atoms with Gasteiger partial charge in [0.05, 0.1) is 15.9 Å². The first-order valence-corrected chi connectivity index (χ1v) is 7.52. The van der Waals surface area contributed by atoms with Crippen LogP contribution >= 0.6 is 23.2 Å². The number of rotatable bonds is 4. The summed E-state index contributed by atoms with van der Waals surface area (Å²) in [7, 11) is 0. The summed E-state index contributed by atoms with van der Waals surface area (Å²) in [5, 5.41) is 0.565. The molecule has 1 heterocycles. The van der Waals surface area contributed by atoms with Gasteiger partial charge < -0.3 is 4.57 Å². The van der Waals surface area contributed by atoms with Crippen LogP contribution in [0.2, 0.25) is 5.02 Å². The van der Waals surface area contributed by atoms with Crippen molar-refractivity contribution >= 4 is 34.2 Å². The van der Waals surface area contributed by atoms with E-state index < -0.39 is 0 Å². The Labute approximate surface area is 124 Å². The lowest BCUT2D eigenvalue weighted by atomic mass is 9.98. The van der Waals surface area contributed by atoms with Crippen molar-refractivity contribution in [2.45, 2.75) is 39.6 Å². The van der Waals surface area contributed by atoms with Gasteiger partial charge in [0.25, 0.3) is 0 Å². The number of para-hydroxylation sites is 1. The normalized spacial score (nSPS) is 15.1. The molecule has 0 amide bonds. The first kappa shape index (κ1) is 14.7. The Morgan fingerprint density at radius 3 is 2.47 bits per heavy atom. The van der Waals surface area contributed by atoms with E-state index in [0.717, 1.165) is 23.4 Å². The van der Waals surface area contributed by atoms with Crippen LogP contribution in [0.25, 0.3) is 11.0 Å². The average Bonchev–Trinajstić information content (AvgIpc) is 2.70. The minimum absolute atomic E-state index is 0.122. The molecule has 0 bridgehead atoms. The van der Waals surface area contributed by atoms with Gasteiger partial charge in [-0.3, -0.25) is 0 Å². The quantitative estimate of drug-likeness (QED) is 0.702. The minimum atomic E-state index is -0.122. The minimum Gasteiger partial charge on any atom is -0.326 e. The smallest absolute Gasteiger partial charge is 0.127 e. The van der Waals surface area contributed by atoms with E-state index in [2.05, 4.69) is 36.4 Å². The van der Waals surface area contributed by atoms with E-state index in [1.54, 1.807) is 0 Å². The zero-order valence-corrected chi connectivity index (χ0v) is 13.3. The number of hydrogen-bond donors (Lipinski definition) is 0. The highest BCUT2D eigenvalue weighted by Crippen LogP contribution is 2.30. The van der Waals surface area contributed by atoms with E-state index in [4.69, 9.17) is 23.2 Å². The summed E-state index contributed by atoms with van der Waals surface area (Å²) in [5.41, 5.74) is 1.92. The summed E-state index contributed by atoms with van der Waals surface area (Å²) >= 11 is 12.5. The van der Waals surface area contributed by atoms with Crippen molar-refractivity contribution in [3.63, 3.8) is 0 Å². The molecule has 0 aliphatic heterocycles. The summed E-state index contributed by atoms with van der Waals surface area (Å²) in [6.07, 6.45) is 0. The van der Waals surface area contributed by atoms with Crippen molar-refractivity contribution in [2.75, 3.05) is 0 Å². The Bertz CT molecular complexity index is 573. The van der Waals surface area contributed by atoms with E-state index in [0.29, 0.717) is 16.9 Å². The molecule has 104 valence electrons. The van der Waals surface area contributed by atoms with Crippen molar-refractivity contribution in [1.29, 1.82) is 0 Å². The van der Waals surface area contributed by atoms with Gasteiger partial charge in [0.2, 0.25) is 0 Å². The zero-order chi connectivity index (χ0) is 14.2. The van der Waals surface area contributed by atoms with E-state index in [9.17, 15) is 0 Å². The maximum Gasteiger partial charge on any atom is 0.127 e. The molecular formula is C15H20Cl2N2. The van der Waals surface area contributed by atoms with Crippen LogP contribution < -0.4 is 0 Å². The van der Waals surface area contributed by atoms with Crippen LogP contribution in [0, 0.1) is 11.8 Å². The fourth-order valence-corrected chi connectivity index (χ4v) is 2.50. The van der Waals surface area contributed by atoms with Crippen LogP contribution in [0.15, 0.2) is 18.2 Å². The number of halogens is 2. The Balaban J connectivity index is 2.56. The first-order valence-electron chi connectivity index (χ1n) is 6.70. The number of nitrogens with zero attached hydrogens (tertiary/aromatic N) is 2. The molecule has 2 unspecified atom stereocenters. The highest BCUT2D eigenvalue weighted by Gasteiger charge is 2.19. The summed E-state index contributed by atoms with van der Waals surface area (Å²) in [5.74, 6) is 2.08. The van der Waals surface area contributed by atoms with Crippen LogP contribution in [0.1, 0.15) is 38.9 Å². The number of alkyl halides is 1. The molecule has 0 saturated carbocycles. The summed E-state index contributed by atoms with van der Waals surface area (Å²) < 4.78 is 2.21. The topological polar surface area (TPSA) is 17.8 Å². The van der Waals surface area contributed by atoms with Crippen LogP contribution in [0.3, 0.4) is 0 Å². The molecule has 19 heavy (non-hydrogen) atoms. The van der Waals surface area contributed by atoms with E-state index >= 15 is 0 Å². The highest BCUT2D eigenvalue weighted by molar-refractivity contribution is 6.35. The Morgan fingerprint density at radius 1 is 1.21 bits per heavy atom. The third kappa shape index (κ3) is 2.90. The SMILES string of the molecule is CC(Cl)c1nc2c(Cl)cccc2n1CC(C)C(C)C. The molecule has 0 spiro atoms. The number of imidazole rings is 1. The fourth-order valence-electron chi connectivity index (χ4n) is 2.13. The number of aromatic nitrogens is 2. The van der Waals surface area contributed by atoms with E-state index in [-0.39, 0.29) is 5.38 Å². The van der Waals surface area contributed by atoms with Crippen molar-refractivity contribution in [1.82, 2.24) is 9.55 Å². The van der Waals surface area contributed by atoms with Gasteiger partial charge in [-0.15, -0.1) is 11.6 Å². The predicted molar refractivity (Wildman–Crippen MR) is 83.0 cm³/mol. The maximum absolute atomic E-state index is 6.27. The molecule has 0 aliphatic rings. The fraction of sp³-hybridized carbons (Fsp3) is 0.533. The lowest BCUT2D eigenvalue weighted by Crippen LogP contribution is -2.15. The highest BCUT2D eigenvalue weighted by atomic mass is 35.5. The lowest BCUT2D eigenvalue weighted by molar-refractivity contribution is 0.364. The predicted octanol–water partition coefficient (Wildman–Crippen LogP) is 5.28. The molecule has 2 rings (SSSR count). The number of hydrogen-bond acceptors (Lipinski definition) is 1. The number of benzene rings is 1. The largest absolute Gasteiger partial charge is 0.326 e. The van der Waals surface area contributed by atoms with E-state index in [1.807, 2.05) is 19.1 Å². The van der Waals surface area contributed by atoms with Crippen LogP contribution in [-0.2, 0) is 6.54 Å². The molecule has 0 aliphatic carbocycles. The molecule has 2 nitrogen and oxygen atoms in total. The van der Waals surface area contributed by atoms with Gasteiger partial charge in [-0.2, -0.15) is 0 Å². The average molecular weight is 299 g/mol. The molecule has 0 N–H and O–H groups in total. The second-order valence-corrected chi connectivity index (χ2v) is 6.59. The molecule has 0 fully saturated rings. The number of fused-ring (bicyclic) bond motifs is 1. The second-order valence-electron chi connectivity index (χ2n) is 5.53. The zero-order valence-electron chi connectivity index (χ0n) is 11.8. The van der Waals surface area contributed by atoms with Crippen molar-refractivity contribution in [3.05, 3.63) is 29.0 Å².